The van der Waals surface area contributed by atoms with E-state index in [1.54, 1.807) is 35.2 Å². The summed E-state index contributed by atoms with van der Waals surface area (Å²) in [7, 11) is 0. The molecule has 2 N–H and O–H groups in total. The molecule has 0 aliphatic carbocycles. The van der Waals surface area contributed by atoms with Crippen molar-refractivity contribution >= 4 is 29.3 Å². The summed E-state index contributed by atoms with van der Waals surface area (Å²) in [6.45, 7) is 8.89. The van der Waals surface area contributed by atoms with Crippen LogP contribution in [0.15, 0.2) is 42.5 Å². The maximum absolute atomic E-state index is 12.6. The number of hydrogen-bond acceptors (Lipinski definition) is 4. The zero-order valence-electron chi connectivity index (χ0n) is 20.1. The maximum atomic E-state index is 12.6. The van der Waals surface area contributed by atoms with E-state index in [1.165, 1.54) is 0 Å². The van der Waals surface area contributed by atoms with Gasteiger partial charge in [0.1, 0.15) is 12.4 Å². The number of carbonyl (C=O) groups excluding carboxylic acids is 3. The van der Waals surface area contributed by atoms with Gasteiger partial charge in [-0.3, -0.25) is 25.2 Å². The van der Waals surface area contributed by atoms with Crippen LogP contribution < -0.4 is 15.6 Å². The zero-order chi connectivity index (χ0) is 24.9. The van der Waals surface area contributed by atoms with Gasteiger partial charge in [-0.2, -0.15) is 0 Å². The van der Waals surface area contributed by atoms with E-state index < -0.39 is 11.3 Å². The lowest BCUT2D eigenvalue weighted by Gasteiger charge is -2.35. The molecule has 1 saturated heterocycles. The maximum Gasteiger partial charge on any atom is 0.269 e. The standard InChI is InChI=1S/C26H32ClN3O4/c1-17-14-21(11-12-22(17)27)34-16-18-7-9-19(10-8-18)23(31)28-29-24(32)20-6-5-13-30(15-20)25(33)26(2,3)4/h7-12,14,20H,5-6,13,15-16H2,1-4H3,(H,28,31)(H,29,32). The Morgan fingerprint density at radius 1 is 1.09 bits per heavy atom. The van der Waals surface area contributed by atoms with Crippen molar-refractivity contribution in [2.45, 2.75) is 47.1 Å². The smallest absolute Gasteiger partial charge is 0.269 e. The summed E-state index contributed by atoms with van der Waals surface area (Å²) in [6.07, 6.45) is 1.43. The van der Waals surface area contributed by atoms with Crippen LogP contribution in [0.5, 0.6) is 5.75 Å². The van der Waals surface area contributed by atoms with Crippen molar-refractivity contribution in [3.8, 4) is 5.75 Å². The number of benzene rings is 2. The second kappa shape index (κ2) is 10.9. The van der Waals surface area contributed by atoms with Crippen LogP contribution in [-0.2, 0) is 16.2 Å². The molecule has 0 saturated carbocycles. The summed E-state index contributed by atoms with van der Waals surface area (Å²) in [5.74, 6) is -0.298. The van der Waals surface area contributed by atoms with Crippen LogP contribution in [0.3, 0.4) is 0 Å². The molecule has 1 aliphatic heterocycles. The van der Waals surface area contributed by atoms with Gasteiger partial charge < -0.3 is 9.64 Å². The van der Waals surface area contributed by atoms with Crippen LogP contribution in [-0.4, -0.2) is 35.7 Å². The Labute approximate surface area is 205 Å². The first-order valence-corrected chi connectivity index (χ1v) is 11.8. The molecule has 2 aromatic carbocycles. The molecule has 0 bridgehead atoms. The van der Waals surface area contributed by atoms with E-state index in [2.05, 4.69) is 10.9 Å². The average Bonchev–Trinajstić information content (AvgIpc) is 2.82. The quantitative estimate of drug-likeness (QED) is 0.619. The van der Waals surface area contributed by atoms with Crippen molar-refractivity contribution in [2.75, 3.05) is 13.1 Å². The van der Waals surface area contributed by atoms with Gasteiger partial charge in [0, 0.05) is 29.1 Å². The van der Waals surface area contributed by atoms with Crippen LogP contribution in [0.4, 0.5) is 0 Å². The van der Waals surface area contributed by atoms with E-state index in [1.807, 2.05) is 39.8 Å². The number of nitrogens with one attached hydrogen (secondary N) is 2. The first-order chi connectivity index (χ1) is 16.0. The normalized spacial score (nSPS) is 16.0. The first-order valence-electron chi connectivity index (χ1n) is 11.4. The molecule has 7 nitrogen and oxygen atoms in total. The number of likely N-dealkylation sites (tertiary alicyclic amines) is 1. The Morgan fingerprint density at radius 3 is 2.44 bits per heavy atom. The molecule has 0 radical (unpaired) electrons. The molecule has 8 heteroatoms. The summed E-state index contributed by atoms with van der Waals surface area (Å²) in [5.41, 5.74) is 6.75. The van der Waals surface area contributed by atoms with Gasteiger partial charge in [0.05, 0.1) is 5.92 Å². The monoisotopic (exact) mass is 485 g/mol. The summed E-state index contributed by atoms with van der Waals surface area (Å²) < 4.78 is 5.78. The summed E-state index contributed by atoms with van der Waals surface area (Å²) >= 11 is 6.03. The molecule has 3 amide bonds. The fourth-order valence-corrected chi connectivity index (χ4v) is 3.89. The molecule has 182 valence electrons. The third kappa shape index (κ3) is 6.73. The van der Waals surface area contributed by atoms with Gasteiger partial charge in [0.25, 0.3) is 5.91 Å². The Hall–Kier alpha value is -3.06. The third-order valence-electron chi connectivity index (χ3n) is 5.77. The number of nitrogens with zero attached hydrogens (tertiary/aromatic N) is 1. The van der Waals surface area contributed by atoms with E-state index in [-0.39, 0.29) is 17.7 Å². The van der Waals surface area contributed by atoms with Crippen molar-refractivity contribution in [1.82, 2.24) is 15.8 Å². The van der Waals surface area contributed by atoms with Crippen LogP contribution in [0.2, 0.25) is 5.02 Å². The molecule has 1 unspecified atom stereocenters. The molecule has 2 aromatic rings. The van der Waals surface area contributed by atoms with Gasteiger partial charge >= 0.3 is 0 Å². The number of rotatable bonds is 5. The predicted octanol–water partition coefficient (Wildman–Crippen LogP) is 4.27. The molecule has 0 spiro atoms. The van der Waals surface area contributed by atoms with Crippen molar-refractivity contribution in [3.63, 3.8) is 0 Å². The van der Waals surface area contributed by atoms with Crippen molar-refractivity contribution < 1.29 is 19.1 Å². The molecule has 0 aromatic heterocycles. The van der Waals surface area contributed by atoms with Gasteiger partial charge in [-0.15, -0.1) is 0 Å². The van der Waals surface area contributed by atoms with Crippen LogP contribution in [0.25, 0.3) is 0 Å². The molecule has 1 fully saturated rings. The van der Waals surface area contributed by atoms with Crippen LogP contribution >= 0.6 is 11.6 Å². The molecule has 1 atom stereocenters. The Bertz CT molecular complexity index is 1050. The average molecular weight is 486 g/mol. The number of amides is 3. The highest BCUT2D eigenvalue weighted by atomic mass is 35.5. The van der Waals surface area contributed by atoms with E-state index in [0.29, 0.717) is 36.7 Å². The number of ether oxygens (including phenoxy) is 1. The minimum Gasteiger partial charge on any atom is -0.489 e. The van der Waals surface area contributed by atoms with Gasteiger partial charge in [-0.25, -0.2) is 0 Å². The second-order valence-electron chi connectivity index (χ2n) is 9.68. The topological polar surface area (TPSA) is 87.7 Å². The second-order valence-corrected chi connectivity index (χ2v) is 10.1. The first kappa shape index (κ1) is 25.6. The number of carbonyl (C=O) groups is 3. The molecule has 34 heavy (non-hydrogen) atoms. The predicted molar refractivity (Wildman–Crippen MR) is 131 cm³/mol. The highest BCUT2D eigenvalue weighted by molar-refractivity contribution is 6.31. The van der Waals surface area contributed by atoms with Crippen molar-refractivity contribution in [3.05, 3.63) is 64.2 Å². The van der Waals surface area contributed by atoms with Crippen molar-refractivity contribution in [1.29, 1.82) is 0 Å². The summed E-state index contributed by atoms with van der Waals surface area (Å²) in [6, 6.07) is 12.4. The Morgan fingerprint density at radius 2 is 1.79 bits per heavy atom. The van der Waals surface area contributed by atoms with Gasteiger partial charge in [0.15, 0.2) is 0 Å². The molecule has 1 aliphatic rings. The van der Waals surface area contributed by atoms with Crippen LogP contribution in [0, 0.1) is 18.3 Å². The largest absolute Gasteiger partial charge is 0.489 e. The molecule has 1 heterocycles. The number of piperidine rings is 1. The van der Waals surface area contributed by atoms with Gasteiger partial charge in [0.2, 0.25) is 11.8 Å². The van der Waals surface area contributed by atoms with E-state index >= 15 is 0 Å². The SMILES string of the molecule is Cc1cc(OCc2ccc(C(=O)NNC(=O)C3CCCN(C(=O)C(C)(C)C)C3)cc2)ccc1Cl. The van der Waals surface area contributed by atoms with Gasteiger partial charge in [-0.1, -0.05) is 44.5 Å². The van der Waals surface area contributed by atoms with E-state index in [0.717, 1.165) is 23.3 Å². The number of aryl methyl sites for hydroxylation is 1. The lowest BCUT2D eigenvalue weighted by atomic mass is 9.91. The fraction of sp³-hybridized carbons (Fsp3) is 0.423. The highest BCUT2D eigenvalue weighted by Gasteiger charge is 2.33. The lowest BCUT2D eigenvalue weighted by Crippen LogP contribution is -2.51. The highest BCUT2D eigenvalue weighted by Crippen LogP contribution is 2.24. The summed E-state index contributed by atoms with van der Waals surface area (Å²) in [4.78, 5) is 39.3. The van der Waals surface area contributed by atoms with Gasteiger partial charge in [-0.05, 0) is 61.2 Å². The lowest BCUT2D eigenvalue weighted by molar-refractivity contribution is -0.143. The van der Waals surface area contributed by atoms with E-state index in [9.17, 15) is 14.4 Å². The number of hydrogen-bond donors (Lipinski definition) is 2. The fourth-order valence-electron chi connectivity index (χ4n) is 3.77. The minimum atomic E-state index is -0.489. The Balaban J connectivity index is 1.48. The molecular formula is C26H32ClN3O4. The number of hydrazine groups is 1. The summed E-state index contributed by atoms with van der Waals surface area (Å²) in [5, 5.41) is 0.689. The van der Waals surface area contributed by atoms with Crippen LogP contribution in [0.1, 0.15) is 55.1 Å². The number of halogens is 1. The molecular weight excluding hydrogens is 454 g/mol. The minimum absolute atomic E-state index is 0.0318. The van der Waals surface area contributed by atoms with E-state index in [4.69, 9.17) is 16.3 Å². The Kier molecular flexibility index (Phi) is 8.20. The third-order valence-corrected chi connectivity index (χ3v) is 6.20. The zero-order valence-corrected chi connectivity index (χ0v) is 20.9. The molecule has 3 rings (SSSR count). The van der Waals surface area contributed by atoms with Crippen molar-refractivity contribution in [2.24, 2.45) is 11.3 Å².